The number of anilines is 1. The van der Waals surface area contributed by atoms with Gasteiger partial charge in [-0.25, -0.2) is 22.8 Å². The van der Waals surface area contributed by atoms with Crippen molar-refractivity contribution in [2.75, 3.05) is 38.0 Å². The van der Waals surface area contributed by atoms with Crippen molar-refractivity contribution < 1.29 is 36.5 Å². The van der Waals surface area contributed by atoms with Crippen molar-refractivity contribution in [3.8, 4) is 22.6 Å². The SMILES string of the molecule is COCCOCN(c1onc(C)c1C)S(=O)(=O)c1ccccc1-c1ccc(-c2ncco2)cc1CN1OCC(C)(C)C1=O. The van der Waals surface area contributed by atoms with Crippen LogP contribution in [0.5, 0.6) is 0 Å². The maximum absolute atomic E-state index is 14.4. The summed E-state index contributed by atoms with van der Waals surface area (Å²) in [5, 5.41) is 5.28. The van der Waals surface area contributed by atoms with Gasteiger partial charge in [-0.2, -0.15) is 0 Å². The van der Waals surface area contributed by atoms with E-state index >= 15 is 0 Å². The number of aryl methyl sites for hydroxylation is 1. The molecule has 4 aromatic rings. The Morgan fingerprint density at radius 2 is 1.88 bits per heavy atom. The molecule has 1 aliphatic rings. The van der Waals surface area contributed by atoms with Gasteiger partial charge in [0.25, 0.3) is 15.9 Å². The number of benzene rings is 2. The zero-order chi connectivity index (χ0) is 30.8. The van der Waals surface area contributed by atoms with Crippen molar-refractivity contribution >= 4 is 21.8 Å². The summed E-state index contributed by atoms with van der Waals surface area (Å²) >= 11 is 0. The number of methoxy groups -OCH3 is 1. The van der Waals surface area contributed by atoms with Crippen molar-refractivity contribution in [2.45, 2.75) is 39.1 Å². The normalized spacial score (nSPS) is 14.9. The van der Waals surface area contributed by atoms with Crippen molar-refractivity contribution in [2.24, 2.45) is 5.41 Å². The molecule has 228 valence electrons. The maximum atomic E-state index is 14.4. The first-order chi connectivity index (χ1) is 20.5. The molecule has 0 aliphatic carbocycles. The molecule has 13 heteroatoms. The number of carbonyl (C=O) groups excluding carboxylic acids is 1. The summed E-state index contributed by atoms with van der Waals surface area (Å²) in [6, 6.07) is 12.0. The van der Waals surface area contributed by atoms with Crippen LogP contribution in [0, 0.1) is 19.3 Å². The molecule has 0 spiro atoms. The summed E-state index contributed by atoms with van der Waals surface area (Å²) in [5.74, 6) is 0.275. The third-order valence-electron chi connectivity index (χ3n) is 7.23. The second-order valence-electron chi connectivity index (χ2n) is 10.8. The molecule has 1 saturated heterocycles. The van der Waals surface area contributed by atoms with Crippen LogP contribution in [0.1, 0.15) is 30.7 Å². The average molecular weight is 611 g/mol. The number of hydroxylamine groups is 2. The van der Waals surface area contributed by atoms with E-state index in [1.54, 1.807) is 44.2 Å². The van der Waals surface area contributed by atoms with Gasteiger partial charge in [-0.05, 0) is 57.0 Å². The van der Waals surface area contributed by atoms with Gasteiger partial charge in [-0.1, -0.05) is 29.4 Å². The number of hydrogen-bond donors (Lipinski definition) is 0. The van der Waals surface area contributed by atoms with Gasteiger partial charge >= 0.3 is 0 Å². The molecule has 12 nitrogen and oxygen atoms in total. The van der Waals surface area contributed by atoms with Gasteiger partial charge in [-0.3, -0.25) is 9.63 Å². The molecule has 2 aromatic carbocycles. The molecule has 5 rings (SSSR count). The summed E-state index contributed by atoms with van der Waals surface area (Å²) < 4.78 is 51.6. The van der Waals surface area contributed by atoms with E-state index in [1.807, 2.05) is 19.9 Å². The van der Waals surface area contributed by atoms with E-state index in [2.05, 4.69) is 10.1 Å². The second kappa shape index (κ2) is 12.3. The van der Waals surface area contributed by atoms with Gasteiger partial charge in [0.1, 0.15) is 13.0 Å². The lowest BCUT2D eigenvalue weighted by atomic mass is 9.94. The molecule has 0 N–H and O–H groups in total. The summed E-state index contributed by atoms with van der Waals surface area (Å²) in [4.78, 5) is 23.1. The Hall–Kier alpha value is -4.04. The predicted octanol–water partition coefficient (Wildman–Crippen LogP) is 4.73. The highest BCUT2D eigenvalue weighted by Gasteiger charge is 2.41. The lowest BCUT2D eigenvalue weighted by Gasteiger charge is -2.24. The van der Waals surface area contributed by atoms with Crippen molar-refractivity contribution in [3.63, 3.8) is 0 Å². The van der Waals surface area contributed by atoms with Crippen LogP contribution >= 0.6 is 0 Å². The number of carbonyl (C=O) groups is 1. The molecule has 0 saturated carbocycles. The molecule has 43 heavy (non-hydrogen) atoms. The van der Waals surface area contributed by atoms with Crippen LogP contribution in [0.25, 0.3) is 22.6 Å². The Bertz CT molecular complexity index is 1700. The molecular formula is C30H34N4O8S. The minimum absolute atomic E-state index is 0.0120. The molecule has 0 unspecified atom stereocenters. The van der Waals surface area contributed by atoms with Crippen LogP contribution in [0.15, 0.2) is 68.8 Å². The van der Waals surface area contributed by atoms with Gasteiger partial charge in [0.15, 0.2) is 0 Å². The minimum atomic E-state index is -4.26. The third-order valence-corrected chi connectivity index (χ3v) is 8.99. The van der Waals surface area contributed by atoms with Crippen LogP contribution < -0.4 is 4.31 Å². The van der Waals surface area contributed by atoms with Crippen LogP contribution in [-0.2, 0) is 35.7 Å². The Morgan fingerprint density at radius 3 is 2.53 bits per heavy atom. The Kier molecular flexibility index (Phi) is 8.69. The van der Waals surface area contributed by atoms with Gasteiger partial charge in [0.05, 0.1) is 48.6 Å². The molecule has 0 atom stereocenters. The zero-order valence-electron chi connectivity index (χ0n) is 24.7. The predicted molar refractivity (Wildman–Crippen MR) is 156 cm³/mol. The topological polar surface area (TPSA) is 137 Å². The smallest absolute Gasteiger partial charge is 0.269 e. The van der Waals surface area contributed by atoms with E-state index in [1.165, 1.54) is 30.7 Å². The number of oxazole rings is 1. The lowest BCUT2D eigenvalue weighted by molar-refractivity contribution is -0.165. The molecule has 1 aliphatic heterocycles. The number of ether oxygens (including phenoxy) is 2. The number of hydrogen-bond acceptors (Lipinski definition) is 10. The van der Waals surface area contributed by atoms with E-state index in [0.29, 0.717) is 39.4 Å². The highest BCUT2D eigenvalue weighted by atomic mass is 32.2. The largest absolute Gasteiger partial charge is 0.445 e. The monoisotopic (exact) mass is 610 g/mol. The highest BCUT2D eigenvalue weighted by molar-refractivity contribution is 7.93. The number of amides is 1. The number of sulfonamides is 1. The van der Waals surface area contributed by atoms with E-state index in [-0.39, 0.29) is 49.8 Å². The first kappa shape index (κ1) is 30.4. The molecule has 1 amide bonds. The molecule has 1 fully saturated rings. The first-order valence-electron chi connectivity index (χ1n) is 13.6. The fraction of sp³-hybridized carbons (Fsp3) is 0.367. The maximum Gasteiger partial charge on any atom is 0.269 e. The van der Waals surface area contributed by atoms with E-state index in [4.69, 9.17) is 23.3 Å². The number of aromatic nitrogens is 2. The van der Waals surface area contributed by atoms with Crippen molar-refractivity contribution in [3.05, 3.63) is 71.7 Å². The molecule has 2 aromatic heterocycles. The van der Waals surface area contributed by atoms with Gasteiger partial charge in [-0.15, -0.1) is 0 Å². The van der Waals surface area contributed by atoms with Crippen LogP contribution in [0.2, 0.25) is 0 Å². The number of nitrogens with zero attached hydrogens (tertiary/aromatic N) is 4. The zero-order valence-corrected chi connectivity index (χ0v) is 25.5. The van der Waals surface area contributed by atoms with Gasteiger partial charge in [0.2, 0.25) is 11.8 Å². The Labute approximate surface area is 250 Å². The van der Waals surface area contributed by atoms with E-state index in [9.17, 15) is 13.2 Å². The standard InChI is InChI=1S/C30H34N4O8S/c1-20-21(2)32-42-28(20)34(19-39-15-14-38-5)43(36,37)26-9-7-6-8-25(26)24-11-10-22(27-31-12-13-40-27)16-23(24)17-33-29(35)30(3,4)18-41-33/h6-13,16H,14-15,17-19H2,1-5H3. The Morgan fingerprint density at radius 1 is 1.09 bits per heavy atom. The van der Waals surface area contributed by atoms with Crippen molar-refractivity contribution in [1.29, 1.82) is 0 Å². The molecule has 0 radical (unpaired) electrons. The molecule has 0 bridgehead atoms. The Balaban J connectivity index is 1.61. The van der Waals surface area contributed by atoms with Crippen LogP contribution in [-0.4, -0.2) is 63.2 Å². The summed E-state index contributed by atoms with van der Waals surface area (Å²) in [7, 11) is -2.73. The van der Waals surface area contributed by atoms with Gasteiger partial charge < -0.3 is 18.4 Å². The first-order valence-corrected chi connectivity index (χ1v) is 15.1. The molecule has 3 heterocycles. The minimum Gasteiger partial charge on any atom is -0.445 e. The quantitative estimate of drug-likeness (QED) is 0.163. The lowest BCUT2D eigenvalue weighted by Crippen LogP contribution is -2.34. The average Bonchev–Trinajstić information content (AvgIpc) is 3.71. The highest BCUT2D eigenvalue weighted by Crippen LogP contribution is 2.38. The fourth-order valence-electron chi connectivity index (χ4n) is 4.65. The van der Waals surface area contributed by atoms with Crippen LogP contribution in [0.3, 0.4) is 0 Å². The second-order valence-corrected chi connectivity index (χ2v) is 12.6. The van der Waals surface area contributed by atoms with Crippen molar-refractivity contribution in [1.82, 2.24) is 15.2 Å². The summed E-state index contributed by atoms with van der Waals surface area (Å²) in [5.41, 5.74) is 2.75. The number of rotatable bonds is 12. The van der Waals surface area contributed by atoms with E-state index < -0.39 is 15.4 Å². The van der Waals surface area contributed by atoms with E-state index in [0.717, 1.165) is 4.31 Å². The molecular weight excluding hydrogens is 576 g/mol. The fourth-order valence-corrected chi connectivity index (χ4v) is 6.20. The van der Waals surface area contributed by atoms with Gasteiger partial charge in [0, 0.05) is 23.8 Å². The third kappa shape index (κ3) is 6.07. The summed E-state index contributed by atoms with van der Waals surface area (Å²) in [6.07, 6.45) is 3.01. The van der Waals surface area contributed by atoms with Crippen LogP contribution in [0.4, 0.5) is 5.88 Å². The summed E-state index contributed by atoms with van der Waals surface area (Å²) in [6.45, 7) is 7.54.